The fourth-order valence-corrected chi connectivity index (χ4v) is 0.901. The third-order valence-corrected chi connectivity index (χ3v) is 1.84. The molecule has 0 N–H and O–H groups in total. The van der Waals surface area contributed by atoms with Gasteiger partial charge < -0.3 is 4.74 Å². The summed E-state index contributed by atoms with van der Waals surface area (Å²) >= 11 is 0. The first-order valence-corrected chi connectivity index (χ1v) is 3.43. The lowest BCUT2D eigenvalue weighted by Gasteiger charge is -2.27. The fourth-order valence-electron chi connectivity index (χ4n) is 0.901. The van der Waals surface area contributed by atoms with Crippen molar-refractivity contribution < 1.29 is 14.3 Å². The van der Waals surface area contributed by atoms with Gasteiger partial charge in [-0.3, -0.25) is 9.59 Å². The fraction of sp³-hybridized carbons (Fsp3) is 0.500. The molecule has 3 nitrogen and oxygen atoms in total. The summed E-state index contributed by atoms with van der Waals surface area (Å²) in [6.07, 6.45) is 2.77. The van der Waals surface area contributed by atoms with E-state index in [9.17, 15) is 9.59 Å². The predicted molar refractivity (Wildman–Crippen MR) is 38.9 cm³/mol. The smallest absolute Gasteiger partial charge is 0.173 e. The van der Waals surface area contributed by atoms with Crippen LogP contribution in [0.4, 0.5) is 0 Å². The Hall–Kier alpha value is -1.12. The van der Waals surface area contributed by atoms with Crippen molar-refractivity contribution in [3.8, 4) is 0 Å². The largest absolute Gasteiger partial charge is 0.487 e. The molecule has 0 bridgehead atoms. The Balaban J connectivity index is 2.83. The van der Waals surface area contributed by atoms with Gasteiger partial charge >= 0.3 is 0 Å². The highest BCUT2D eigenvalue weighted by molar-refractivity contribution is 5.97. The van der Waals surface area contributed by atoms with Gasteiger partial charge in [-0.05, 0) is 13.8 Å². The summed E-state index contributed by atoms with van der Waals surface area (Å²) in [5.74, 6) is -0.177. The van der Waals surface area contributed by atoms with E-state index >= 15 is 0 Å². The van der Waals surface area contributed by atoms with Gasteiger partial charge in [0.15, 0.2) is 17.2 Å². The summed E-state index contributed by atoms with van der Waals surface area (Å²) in [5, 5.41) is 0. The average molecular weight is 154 g/mol. The SMILES string of the molecule is CC(=O)[C@]1(C)CC(=O)C=CO1. The van der Waals surface area contributed by atoms with Crippen LogP contribution < -0.4 is 0 Å². The summed E-state index contributed by atoms with van der Waals surface area (Å²) in [4.78, 5) is 21.8. The zero-order valence-electron chi connectivity index (χ0n) is 6.59. The molecule has 1 atom stereocenters. The first-order valence-electron chi connectivity index (χ1n) is 3.43. The number of carbonyl (C=O) groups excluding carboxylic acids is 2. The number of ketones is 2. The predicted octanol–water partition coefficient (Wildman–Crippen LogP) is 0.837. The number of carbonyl (C=O) groups is 2. The highest BCUT2D eigenvalue weighted by Crippen LogP contribution is 2.21. The van der Waals surface area contributed by atoms with Crippen LogP contribution in [0.1, 0.15) is 20.3 Å². The maximum Gasteiger partial charge on any atom is 0.173 e. The Morgan fingerprint density at radius 3 is 2.73 bits per heavy atom. The Labute approximate surface area is 65.0 Å². The number of rotatable bonds is 1. The third-order valence-electron chi connectivity index (χ3n) is 1.84. The topological polar surface area (TPSA) is 43.4 Å². The maximum atomic E-state index is 11.0. The van der Waals surface area contributed by atoms with Crippen molar-refractivity contribution in [3.63, 3.8) is 0 Å². The van der Waals surface area contributed by atoms with Crippen LogP contribution in [-0.2, 0) is 14.3 Å². The minimum absolute atomic E-state index is 0.0612. The van der Waals surface area contributed by atoms with E-state index in [1.165, 1.54) is 19.3 Å². The minimum atomic E-state index is -0.925. The molecule has 11 heavy (non-hydrogen) atoms. The number of hydrogen-bond acceptors (Lipinski definition) is 3. The third kappa shape index (κ3) is 1.48. The van der Waals surface area contributed by atoms with E-state index in [0.717, 1.165) is 0 Å². The van der Waals surface area contributed by atoms with Crippen molar-refractivity contribution in [2.24, 2.45) is 0 Å². The molecule has 0 aromatic rings. The lowest BCUT2D eigenvalue weighted by molar-refractivity contribution is -0.140. The quantitative estimate of drug-likeness (QED) is 0.562. The van der Waals surface area contributed by atoms with Gasteiger partial charge in [-0.25, -0.2) is 0 Å². The number of allylic oxidation sites excluding steroid dienone is 1. The van der Waals surface area contributed by atoms with E-state index in [0.29, 0.717) is 0 Å². The van der Waals surface area contributed by atoms with E-state index in [1.807, 2.05) is 0 Å². The van der Waals surface area contributed by atoms with Crippen molar-refractivity contribution in [3.05, 3.63) is 12.3 Å². The van der Waals surface area contributed by atoms with Crippen LogP contribution >= 0.6 is 0 Å². The van der Waals surface area contributed by atoms with Gasteiger partial charge in [0, 0.05) is 6.08 Å². The van der Waals surface area contributed by atoms with Crippen LogP contribution in [0, 0.1) is 0 Å². The van der Waals surface area contributed by atoms with Crippen LogP contribution in [0.5, 0.6) is 0 Å². The van der Waals surface area contributed by atoms with Crippen LogP contribution in [-0.4, -0.2) is 17.2 Å². The van der Waals surface area contributed by atoms with Gasteiger partial charge in [0.1, 0.15) is 0 Å². The highest BCUT2D eigenvalue weighted by atomic mass is 16.5. The Morgan fingerprint density at radius 2 is 2.36 bits per heavy atom. The maximum absolute atomic E-state index is 11.0. The summed E-state index contributed by atoms with van der Waals surface area (Å²) < 4.78 is 5.05. The lowest BCUT2D eigenvalue weighted by Crippen LogP contribution is -2.39. The molecule has 0 aliphatic carbocycles. The zero-order chi connectivity index (χ0) is 8.48. The normalized spacial score (nSPS) is 29.8. The van der Waals surface area contributed by atoms with Crippen LogP contribution in [0.3, 0.4) is 0 Å². The van der Waals surface area contributed by atoms with Crippen LogP contribution in [0.25, 0.3) is 0 Å². The Kier molecular flexibility index (Phi) is 1.81. The molecule has 0 amide bonds. The number of hydrogen-bond donors (Lipinski definition) is 0. The number of ether oxygens (including phenoxy) is 1. The monoisotopic (exact) mass is 154 g/mol. The zero-order valence-corrected chi connectivity index (χ0v) is 6.59. The molecule has 1 aliphatic rings. The Morgan fingerprint density at radius 1 is 1.73 bits per heavy atom. The van der Waals surface area contributed by atoms with E-state index in [-0.39, 0.29) is 18.0 Å². The van der Waals surface area contributed by atoms with E-state index < -0.39 is 5.60 Å². The van der Waals surface area contributed by atoms with Gasteiger partial charge in [0.05, 0.1) is 12.7 Å². The van der Waals surface area contributed by atoms with E-state index in [2.05, 4.69) is 0 Å². The van der Waals surface area contributed by atoms with Crippen LogP contribution in [0.2, 0.25) is 0 Å². The first kappa shape index (κ1) is 7.98. The first-order chi connectivity index (χ1) is 5.04. The second-order valence-corrected chi connectivity index (χ2v) is 2.85. The summed E-state index contributed by atoms with van der Waals surface area (Å²) in [6, 6.07) is 0. The van der Waals surface area contributed by atoms with Gasteiger partial charge in [-0.1, -0.05) is 0 Å². The van der Waals surface area contributed by atoms with Gasteiger partial charge in [-0.15, -0.1) is 0 Å². The molecule has 0 saturated heterocycles. The molecular formula is C8H10O3. The van der Waals surface area contributed by atoms with E-state index in [1.54, 1.807) is 6.92 Å². The van der Waals surface area contributed by atoms with Gasteiger partial charge in [0.25, 0.3) is 0 Å². The average Bonchev–Trinajstić information content (AvgIpc) is 1.86. The Bertz CT molecular complexity index is 229. The molecular weight excluding hydrogens is 144 g/mol. The van der Waals surface area contributed by atoms with Crippen molar-refractivity contribution in [1.29, 1.82) is 0 Å². The molecule has 60 valence electrons. The van der Waals surface area contributed by atoms with Gasteiger partial charge in [0.2, 0.25) is 0 Å². The van der Waals surface area contributed by atoms with E-state index in [4.69, 9.17) is 4.74 Å². The number of Topliss-reactive ketones (excluding diaryl/α,β-unsaturated/α-hetero) is 1. The standard InChI is InChI=1S/C8H10O3/c1-6(9)8(2)5-7(10)3-4-11-8/h3-4H,5H2,1-2H3/t8-/m0/s1. The molecule has 1 aliphatic heterocycles. The molecule has 0 fully saturated rings. The molecule has 0 unspecified atom stereocenters. The van der Waals surface area contributed by atoms with Crippen molar-refractivity contribution in [2.45, 2.75) is 25.9 Å². The second kappa shape index (κ2) is 2.49. The lowest BCUT2D eigenvalue weighted by atomic mass is 9.93. The van der Waals surface area contributed by atoms with Crippen molar-refractivity contribution in [2.75, 3.05) is 0 Å². The highest BCUT2D eigenvalue weighted by Gasteiger charge is 2.35. The summed E-state index contributed by atoms with van der Waals surface area (Å²) in [5.41, 5.74) is -0.925. The molecule has 1 heterocycles. The molecule has 0 aromatic heterocycles. The van der Waals surface area contributed by atoms with Crippen LogP contribution in [0.15, 0.2) is 12.3 Å². The van der Waals surface area contributed by atoms with Crippen molar-refractivity contribution in [1.82, 2.24) is 0 Å². The molecule has 3 heteroatoms. The molecule has 0 aromatic carbocycles. The second-order valence-electron chi connectivity index (χ2n) is 2.85. The van der Waals surface area contributed by atoms with Gasteiger partial charge in [-0.2, -0.15) is 0 Å². The minimum Gasteiger partial charge on any atom is -0.487 e. The summed E-state index contributed by atoms with van der Waals surface area (Å²) in [7, 11) is 0. The molecule has 0 saturated carbocycles. The molecule has 0 spiro atoms. The molecule has 1 rings (SSSR count). The summed E-state index contributed by atoms with van der Waals surface area (Å²) in [6.45, 7) is 3.04. The molecule has 0 radical (unpaired) electrons. The van der Waals surface area contributed by atoms with Crippen molar-refractivity contribution >= 4 is 11.6 Å².